The Morgan fingerprint density at radius 1 is 1.39 bits per heavy atom. The van der Waals surface area contributed by atoms with Gasteiger partial charge in [0.1, 0.15) is 17.6 Å². The number of hydrazone groups is 1. The van der Waals surface area contributed by atoms with Gasteiger partial charge in [-0.1, -0.05) is 6.07 Å². The number of thiophene rings is 1. The lowest BCUT2D eigenvalue weighted by atomic mass is 10.1. The van der Waals surface area contributed by atoms with Crippen LogP contribution in [0.15, 0.2) is 39.2 Å². The van der Waals surface area contributed by atoms with E-state index >= 15 is 0 Å². The first-order valence-corrected chi connectivity index (χ1v) is 8.12. The van der Waals surface area contributed by atoms with Crippen LogP contribution < -0.4 is 5.11 Å². The third-order valence-corrected chi connectivity index (χ3v) is 4.52. The Balaban J connectivity index is 1.86. The van der Waals surface area contributed by atoms with Crippen LogP contribution in [0.5, 0.6) is 0 Å². The number of aliphatic carboxylic acids is 1. The summed E-state index contributed by atoms with van der Waals surface area (Å²) in [6, 6.07) is 7.20. The Morgan fingerprint density at radius 3 is 2.83 bits per heavy atom. The molecule has 0 saturated carbocycles. The summed E-state index contributed by atoms with van der Waals surface area (Å²) in [7, 11) is 0. The first-order chi connectivity index (χ1) is 11.0. The van der Waals surface area contributed by atoms with Crippen LogP contribution in [0, 0.1) is 6.92 Å². The highest BCUT2D eigenvalue weighted by Gasteiger charge is 2.35. The summed E-state index contributed by atoms with van der Waals surface area (Å²) in [5, 5.41) is 18.3. The minimum atomic E-state index is -1.25. The first-order valence-electron chi connectivity index (χ1n) is 7.24. The Hall–Kier alpha value is -2.41. The molecule has 0 aliphatic carbocycles. The summed E-state index contributed by atoms with van der Waals surface area (Å²) in [6.45, 7) is 1.84. The number of carbonyl (C=O) groups excluding carboxylic acids is 2. The van der Waals surface area contributed by atoms with Gasteiger partial charge in [0.05, 0.1) is 10.6 Å². The van der Waals surface area contributed by atoms with Gasteiger partial charge >= 0.3 is 0 Å². The first kappa shape index (κ1) is 15.5. The molecule has 1 aliphatic heterocycles. The smallest absolute Gasteiger partial charge is 0.243 e. The van der Waals surface area contributed by atoms with Crippen molar-refractivity contribution in [1.29, 1.82) is 0 Å². The molecule has 6 nitrogen and oxygen atoms in total. The van der Waals surface area contributed by atoms with Crippen LogP contribution in [0.1, 0.15) is 41.7 Å². The van der Waals surface area contributed by atoms with Crippen LogP contribution in [0.3, 0.4) is 0 Å². The normalized spacial score (nSPS) is 17.3. The topological polar surface area (TPSA) is 85.9 Å². The summed E-state index contributed by atoms with van der Waals surface area (Å²) in [6.07, 6.45) is 0.0906. The largest absolute Gasteiger partial charge is 0.550 e. The number of amides is 1. The molecule has 2 aromatic rings. The highest BCUT2D eigenvalue weighted by molar-refractivity contribution is 7.12. The molecule has 23 heavy (non-hydrogen) atoms. The minimum absolute atomic E-state index is 0.139. The fourth-order valence-corrected chi connectivity index (χ4v) is 3.23. The number of carboxylic acids is 1. The zero-order chi connectivity index (χ0) is 16.4. The lowest BCUT2D eigenvalue weighted by molar-refractivity contribution is -0.305. The molecule has 0 radical (unpaired) electrons. The van der Waals surface area contributed by atoms with Crippen molar-refractivity contribution in [3.8, 4) is 0 Å². The standard InChI is InChI=1S/C16H16N2O4S/c1-10-4-5-13(22-10)12-9-11(14-3-2-8-23-14)17-18(12)15(19)6-7-16(20)21/h2-5,8,12H,6-7,9H2,1H3,(H,20,21)/p-1/t12-/m1/s1. The van der Waals surface area contributed by atoms with Crippen molar-refractivity contribution in [3.63, 3.8) is 0 Å². The summed E-state index contributed by atoms with van der Waals surface area (Å²) in [4.78, 5) is 23.9. The average molecular weight is 331 g/mol. The zero-order valence-corrected chi connectivity index (χ0v) is 13.3. The molecule has 0 fully saturated rings. The molecule has 0 unspecified atom stereocenters. The molecule has 3 rings (SSSR count). The van der Waals surface area contributed by atoms with E-state index in [9.17, 15) is 14.7 Å². The van der Waals surface area contributed by atoms with Gasteiger partial charge in [-0.05, 0) is 36.9 Å². The molecule has 0 saturated heterocycles. The molecular weight excluding hydrogens is 316 g/mol. The number of furan rings is 1. The van der Waals surface area contributed by atoms with Gasteiger partial charge in [0, 0.05) is 18.8 Å². The van der Waals surface area contributed by atoms with Gasteiger partial charge in [-0.2, -0.15) is 5.10 Å². The van der Waals surface area contributed by atoms with Gasteiger partial charge in [0.25, 0.3) is 0 Å². The quantitative estimate of drug-likeness (QED) is 0.837. The van der Waals surface area contributed by atoms with Gasteiger partial charge in [0.2, 0.25) is 5.91 Å². The third-order valence-electron chi connectivity index (χ3n) is 3.60. The van der Waals surface area contributed by atoms with E-state index in [0.717, 1.165) is 16.3 Å². The SMILES string of the molecule is Cc1ccc([C@H]2CC(c3cccs3)=NN2C(=O)CCC(=O)[O-])o1. The molecule has 7 heteroatoms. The van der Waals surface area contributed by atoms with Gasteiger partial charge < -0.3 is 14.3 Å². The molecule has 1 atom stereocenters. The van der Waals surface area contributed by atoms with Crippen molar-refractivity contribution >= 4 is 28.9 Å². The fraction of sp³-hybridized carbons (Fsp3) is 0.312. The predicted octanol–water partition coefficient (Wildman–Crippen LogP) is 1.86. The van der Waals surface area contributed by atoms with Crippen molar-refractivity contribution in [1.82, 2.24) is 5.01 Å². The van der Waals surface area contributed by atoms with E-state index in [0.29, 0.717) is 12.2 Å². The summed E-state index contributed by atoms with van der Waals surface area (Å²) in [5.41, 5.74) is 0.806. The number of hydrogen-bond donors (Lipinski definition) is 0. The second-order valence-electron chi connectivity index (χ2n) is 5.30. The third kappa shape index (κ3) is 3.34. The monoisotopic (exact) mass is 331 g/mol. The average Bonchev–Trinajstić information content (AvgIpc) is 3.23. The maximum atomic E-state index is 12.3. The Morgan fingerprint density at radius 2 is 2.22 bits per heavy atom. The summed E-state index contributed by atoms with van der Waals surface area (Å²) >= 11 is 1.55. The van der Waals surface area contributed by atoms with E-state index in [1.165, 1.54) is 5.01 Å². The number of carboxylic acid groups (broad SMARTS) is 1. The van der Waals surface area contributed by atoms with Gasteiger partial charge in [-0.25, -0.2) is 5.01 Å². The van der Waals surface area contributed by atoms with Crippen molar-refractivity contribution in [2.45, 2.75) is 32.2 Å². The molecule has 0 aromatic carbocycles. The number of carbonyl (C=O) groups is 2. The predicted molar refractivity (Wildman–Crippen MR) is 82.7 cm³/mol. The van der Waals surface area contributed by atoms with E-state index in [-0.39, 0.29) is 24.8 Å². The van der Waals surface area contributed by atoms with E-state index < -0.39 is 5.97 Å². The molecular formula is C16H15N2O4S-. The van der Waals surface area contributed by atoms with E-state index in [1.807, 2.05) is 36.6 Å². The van der Waals surface area contributed by atoms with Crippen LogP contribution >= 0.6 is 11.3 Å². The molecule has 3 heterocycles. The molecule has 0 spiro atoms. The van der Waals surface area contributed by atoms with Crippen LogP contribution in [0.4, 0.5) is 0 Å². The maximum Gasteiger partial charge on any atom is 0.243 e. The summed E-state index contributed by atoms with van der Waals surface area (Å²) in [5.74, 6) is -0.184. The van der Waals surface area contributed by atoms with Crippen LogP contribution in [-0.4, -0.2) is 22.6 Å². The second kappa shape index (κ2) is 6.37. The molecule has 0 N–H and O–H groups in total. The lowest BCUT2D eigenvalue weighted by Crippen LogP contribution is -2.29. The molecule has 2 aromatic heterocycles. The molecule has 1 amide bonds. The van der Waals surface area contributed by atoms with Crippen molar-refractivity contribution in [2.24, 2.45) is 5.10 Å². The van der Waals surface area contributed by atoms with E-state index in [2.05, 4.69) is 5.10 Å². The lowest BCUT2D eigenvalue weighted by Gasteiger charge is -2.20. The number of hydrogen-bond acceptors (Lipinski definition) is 6. The number of nitrogens with zero attached hydrogens (tertiary/aromatic N) is 2. The fourth-order valence-electron chi connectivity index (χ4n) is 2.51. The summed E-state index contributed by atoms with van der Waals surface area (Å²) < 4.78 is 5.65. The van der Waals surface area contributed by atoms with Gasteiger partial charge in [-0.3, -0.25) is 4.79 Å². The van der Waals surface area contributed by atoms with Crippen molar-refractivity contribution in [2.75, 3.05) is 0 Å². The van der Waals surface area contributed by atoms with E-state index in [1.54, 1.807) is 11.3 Å². The van der Waals surface area contributed by atoms with Crippen molar-refractivity contribution < 1.29 is 19.1 Å². The molecule has 0 bridgehead atoms. The Bertz CT molecular complexity index is 748. The number of aryl methyl sites for hydroxylation is 1. The molecule has 120 valence electrons. The highest BCUT2D eigenvalue weighted by atomic mass is 32.1. The van der Waals surface area contributed by atoms with Gasteiger partial charge in [0.15, 0.2) is 0 Å². The van der Waals surface area contributed by atoms with Crippen LogP contribution in [0.25, 0.3) is 0 Å². The van der Waals surface area contributed by atoms with Gasteiger partial charge in [-0.15, -0.1) is 11.3 Å². The minimum Gasteiger partial charge on any atom is -0.550 e. The van der Waals surface area contributed by atoms with E-state index in [4.69, 9.17) is 4.42 Å². The number of rotatable bonds is 5. The molecule has 1 aliphatic rings. The second-order valence-corrected chi connectivity index (χ2v) is 6.25. The maximum absolute atomic E-state index is 12.3. The Labute approximate surface area is 137 Å². The zero-order valence-electron chi connectivity index (χ0n) is 12.5. The Kier molecular flexibility index (Phi) is 4.29. The highest BCUT2D eigenvalue weighted by Crippen LogP contribution is 2.35. The van der Waals surface area contributed by atoms with Crippen LogP contribution in [-0.2, 0) is 9.59 Å². The van der Waals surface area contributed by atoms with Crippen LogP contribution in [0.2, 0.25) is 0 Å². The van der Waals surface area contributed by atoms with Crippen molar-refractivity contribution in [3.05, 3.63) is 46.0 Å².